The zero-order chi connectivity index (χ0) is 17.4. The van der Waals surface area contributed by atoms with Crippen molar-refractivity contribution in [1.29, 1.82) is 0 Å². The van der Waals surface area contributed by atoms with Gasteiger partial charge in [0, 0.05) is 18.6 Å². The molecule has 2 aromatic carbocycles. The van der Waals surface area contributed by atoms with E-state index in [0.29, 0.717) is 19.0 Å². The molecule has 25 heavy (non-hydrogen) atoms. The van der Waals surface area contributed by atoms with Gasteiger partial charge in [-0.1, -0.05) is 0 Å². The van der Waals surface area contributed by atoms with Crippen LogP contribution >= 0.6 is 0 Å². The first kappa shape index (κ1) is 15.7. The van der Waals surface area contributed by atoms with Gasteiger partial charge in [0.1, 0.15) is 17.4 Å². The normalized spacial score (nSPS) is 17.1. The number of nitrogens with one attached hydrogen (secondary N) is 1. The number of benzene rings is 2. The summed E-state index contributed by atoms with van der Waals surface area (Å²) in [7, 11) is 0. The van der Waals surface area contributed by atoms with E-state index in [0.717, 1.165) is 6.42 Å². The second-order valence-electron chi connectivity index (χ2n) is 5.87. The molecule has 5 nitrogen and oxygen atoms in total. The molecule has 1 N–H and O–H groups in total. The van der Waals surface area contributed by atoms with Gasteiger partial charge in [-0.15, -0.1) is 0 Å². The van der Waals surface area contributed by atoms with Crippen LogP contribution in [0.25, 0.3) is 10.9 Å². The predicted molar refractivity (Wildman–Crippen MR) is 87.0 cm³/mol. The molecule has 1 atom stereocenters. The van der Waals surface area contributed by atoms with Gasteiger partial charge in [0.2, 0.25) is 0 Å². The summed E-state index contributed by atoms with van der Waals surface area (Å²) >= 11 is 0. The lowest BCUT2D eigenvalue weighted by Crippen LogP contribution is -2.15. The summed E-state index contributed by atoms with van der Waals surface area (Å²) in [5.41, 5.74) is -0.106. The van der Waals surface area contributed by atoms with E-state index in [2.05, 4.69) is 9.97 Å². The number of halogens is 2. The van der Waals surface area contributed by atoms with E-state index in [1.807, 2.05) is 0 Å². The van der Waals surface area contributed by atoms with Crippen molar-refractivity contribution < 1.29 is 18.3 Å². The van der Waals surface area contributed by atoms with E-state index in [9.17, 15) is 13.6 Å². The quantitative estimate of drug-likeness (QED) is 0.790. The zero-order valence-electron chi connectivity index (χ0n) is 13.1. The molecule has 2 heterocycles. The third-order valence-corrected chi connectivity index (χ3v) is 4.14. The molecule has 128 valence electrons. The Hall–Kier alpha value is -2.80. The molecule has 0 bridgehead atoms. The number of aromatic amines is 1. The molecule has 3 aromatic rings. The summed E-state index contributed by atoms with van der Waals surface area (Å²) in [5, 5.41) is 0.223. The first-order chi connectivity index (χ1) is 12.1. The second-order valence-corrected chi connectivity index (χ2v) is 5.87. The molecular weight excluding hydrogens is 330 g/mol. The number of hydrogen-bond acceptors (Lipinski definition) is 4. The fourth-order valence-corrected chi connectivity index (χ4v) is 2.81. The molecule has 1 saturated heterocycles. The highest BCUT2D eigenvalue weighted by Gasteiger charge is 2.21. The Balaban J connectivity index is 1.73. The Morgan fingerprint density at radius 2 is 2.00 bits per heavy atom. The van der Waals surface area contributed by atoms with Crippen molar-refractivity contribution in [3.05, 3.63) is 64.2 Å². The fourth-order valence-electron chi connectivity index (χ4n) is 2.81. The minimum absolute atomic E-state index is 0.00954. The van der Waals surface area contributed by atoms with Gasteiger partial charge in [0.15, 0.2) is 11.6 Å². The van der Waals surface area contributed by atoms with Crippen LogP contribution in [0.3, 0.4) is 0 Å². The summed E-state index contributed by atoms with van der Waals surface area (Å²) in [4.78, 5) is 19.4. The Morgan fingerprint density at radius 1 is 1.20 bits per heavy atom. The van der Waals surface area contributed by atoms with Crippen LogP contribution in [0.5, 0.6) is 11.5 Å². The minimum Gasteiger partial charge on any atom is -0.454 e. The molecule has 0 spiro atoms. The second kappa shape index (κ2) is 6.25. The lowest BCUT2D eigenvalue weighted by atomic mass is 10.1. The van der Waals surface area contributed by atoms with Crippen molar-refractivity contribution in [3.63, 3.8) is 0 Å². The van der Waals surface area contributed by atoms with Crippen LogP contribution in [-0.4, -0.2) is 23.2 Å². The SMILES string of the molecule is O=c1[nH]c([C@H]2CCOC2)nc2cc(F)c(Oc3ccc(F)cc3)cc12. The van der Waals surface area contributed by atoms with Crippen molar-refractivity contribution in [1.82, 2.24) is 9.97 Å². The van der Waals surface area contributed by atoms with Crippen molar-refractivity contribution in [3.8, 4) is 11.5 Å². The third-order valence-electron chi connectivity index (χ3n) is 4.14. The predicted octanol–water partition coefficient (Wildman–Crippen LogP) is 3.50. The van der Waals surface area contributed by atoms with E-state index in [4.69, 9.17) is 9.47 Å². The van der Waals surface area contributed by atoms with Gasteiger partial charge < -0.3 is 14.5 Å². The molecule has 0 aliphatic carbocycles. The Bertz CT molecular complexity index is 980. The van der Waals surface area contributed by atoms with Gasteiger partial charge >= 0.3 is 0 Å². The van der Waals surface area contributed by atoms with Gasteiger partial charge in [0.25, 0.3) is 5.56 Å². The molecule has 0 unspecified atom stereocenters. The molecule has 1 fully saturated rings. The largest absolute Gasteiger partial charge is 0.454 e. The number of nitrogens with zero attached hydrogens (tertiary/aromatic N) is 1. The highest BCUT2D eigenvalue weighted by Crippen LogP contribution is 2.28. The van der Waals surface area contributed by atoms with Crippen LogP contribution in [0.2, 0.25) is 0 Å². The van der Waals surface area contributed by atoms with Crippen molar-refractivity contribution in [2.45, 2.75) is 12.3 Å². The van der Waals surface area contributed by atoms with E-state index < -0.39 is 11.6 Å². The van der Waals surface area contributed by atoms with Gasteiger partial charge in [-0.05, 0) is 36.8 Å². The smallest absolute Gasteiger partial charge is 0.258 e. The number of hydrogen-bond donors (Lipinski definition) is 1. The molecule has 4 rings (SSSR count). The van der Waals surface area contributed by atoms with Crippen LogP contribution < -0.4 is 10.3 Å². The highest BCUT2D eigenvalue weighted by atomic mass is 19.1. The molecule has 1 aromatic heterocycles. The number of aromatic nitrogens is 2. The average Bonchev–Trinajstić information content (AvgIpc) is 3.12. The number of rotatable bonds is 3. The van der Waals surface area contributed by atoms with Crippen LogP contribution in [0, 0.1) is 11.6 Å². The molecule has 0 amide bonds. The highest BCUT2D eigenvalue weighted by molar-refractivity contribution is 5.79. The number of H-pyrrole nitrogens is 1. The van der Waals surface area contributed by atoms with E-state index in [-0.39, 0.29) is 33.9 Å². The zero-order valence-corrected chi connectivity index (χ0v) is 13.1. The Kier molecular flexibility index (Phi) is 3.93. The fraction of sp³-hybridized carbons (Fsp3) is 0.222. The Labute approximate surface area is 141 Å². The Morgan fingerprint density at radius 3 is 2.72 bits per heavy atom. The molecule has 1 aliphatic rings. The first-order valence-corrected chi connectivity index (χ1v) is 7.85. The van der Waals surface area contributed by atoms with Gasteiger partial charge in [-0.2, -0.15) is 0 Å². The summed E-state index contributed by atoms with van der Waals surface area (Å²) < 4.78 is 38.0. The summed E-state index contributed by atoms with van der Waals surface area (Å²) in [6.07, 6.45) is 0.767. The maximum Gasteiger partial charge on any atom is 0.258 e. The lowest BCUT2D eigenvalue weighted by Gasteiger charge is -2.10. The molecule has 0 saturated carbocycles. The number of ether oxygens (including phenoxy) is 2. The average molecular weight is 344 g/mol. The molecule has 1 aliphatic heterocycles. The van der Waals surface area contributed by atoms with Crippen LogP contribution in [0.15, 0.2) is 41.2 Å². The van der Waals surface area contributed by atoms with Gasteiger partial charge in [-0.25, -0.2) is 13.8 Å². The van der Waals surface area contributed by atoms with Crippen LogP contribution in [-0.2, 0) is 4.74 Å². The van der Waals surface area contributed by atoms with E-state index in [1.165, 1.54) is 36.4 Å². The van der Waals surface area contributed by atoms with Crippen molar-refractivity contribution in [2.24, 2.45) is 0 Å². The van der Waals surface area contributed by atoms with Crippen molar-refractivity contribution in [2.75, 3.05) is 13.2 Å². The maximum absolute atomic E-state index is 14.3. The van der Waals surface area contributed by atoms with Crippen LogP contribution in [0.4, 0.5) is 8.78 Å². The molecule has 7 heteroatoms. The van der Waals surface area contributed by atoms with Gasteiger partial charge in [-0.3, -0.25) is 4.79 Å². The number of fused-ring (bicyclic) bond motifs is 1. The summed E-state index contributed by atoms with van der Waals surface area (Å²) in [6, 6.07) is 7.64. The minimum atomic E-state index is -0.649. The lowest BCUT2D eigenvalue weighted by molar-refractivity contribution is 0.193. The third kappa shape index (κ3) is 3.10. The maximum atomic E-state index is 14.3. The summed E-state index contributed by atoms with van der Waals surface area (Å²) in [5.74, 6) is -0.414. The summed E-state index contributed by atoms with van der Waals surface area (Å²) in [6.45, 7) is 1.11. The first-order valence-electron chi connectivity index (χ1n) is 7.85. The topological polar surface area (TPSA) is 64.2 Å². The van der Waals surface area contributed by atoms with Crippen LogP contribution in [0.1, 0.15) is 18.2 Å². The van der Waals surface area contributed by atoms with Gasteiger partial charge in [0.05, 0.1) is 17.5 Å². The standard InChI is InChI=1S/C18H14F2N2O3/c19-11-1-3-12(4-2-11)25-16-7-13-15(8-14(16)20)21-17(22-18(13)23)10-5-6-24-9-10/h1-4,7-8,10H,5-6,9H2,(H,21,22,23)/t10-/m0/s1. The molecule has 0 radical (unpaired) electrons. The van der Waals surface area contributed by atoms with E-state index in [1.54, 1.807) is 0 Å². The van der Waals surface area contributed by atoms with E-state index >= 15 is 0 Å². The molecular formula is C18H14F2N2O3. The van der Waals surface area contributed by atoms with Crippen molar-refractivity contribution >= 4 is 10.9 Å². The monoisotopic (exact) mass is 344 g/mol.